The van der Waals surface area contributed by atoms with Crippen molar-refractivity contribution in [1.29, 1.82) is 0 Å². The van der Waals surface area contributed by atoms with Gasteiger partial charge in [-0.15, -0.1) is 5.10 Å². The molecule has 1 N–H and O–H groups in total. The minimum absolute atomic E-state index is 0.0800. The highest BCUT2D eigenvalue weighted by Gasteiger charge is 2.28. The Balaban J connectivity index is 2.54. The molecule has 1 heterocycles. The van der Waals surface area contributed by atoms with Gasteiger partial charge in [-0.1, -0.05) is 5.21 Å². The van der Waals surface area contributed by atoms with Gasteiger partial charge in [0.05, 0.1) is 24.5 Å². The van der Waals surface area contributed by atoms with Gasteiger partial charge in [-0.25, -0.2) is 4.68 Å². The first kappa shape index (κ1) is 13.9. The number of aromatic nitrogens is 3. The number of hydrogen-bond donors (Lipinski definition) is 1. The molecule has 17 heavy (non-hydrogen) atoms. The molecule has 0 aliphatic heterocycles. The number of nitrogens with one attached hydrogen (secondary N) is 1. The molecule has 1 aromatic heterocycles. The fraction of sp³-hybridized carbons (Fsp3) is 0.778. The summed E-state index contributed by atoms with van der Waals surface area (Å²) >= 11 is 0. The summed E-state index contributed by atoms with van der Waals surface area (Å²) in [6.45, 7) is 1.15. The Kier molecular flexibility index (Phi) is 4.88. The van der Waals surface area contributed by atoms with E-state index in [2.05, 4.69) is 20.4 Å². The van der Waals surface area contributed by atoms with Crippen molar-refractivity contribution in [3.63, 3.8) is 0 Å². The molecule has 0 radical (unpaired) electrons. The zero-order valence-corrected chi connectivity index (χ0v) is 9.66. The van der Waals surface area contributed by atoms with Crippen LogP contribution in [0.3, 0.4) is 0 Å². The van der Waals surface area contributed by atoms with Crippen LogP contribution in [-0.2, 0) is 11.3 Å². The summed E-state index contributed by atoms with van der Waals surface area (Å²) in [4.78, 5) is 0. The molecule has 5 nitrogen and oxygen atoms in total. The van der Waals surface area contributed by atoms with Crippen molar-refractivity contribution >= 4 is 0 Å². The number of likely N-dealkylation sites (N-methyl/N-ethyl adjacent to an activating group) is 1. The Morgan fingerprint density at radius 3 is 2.76 bits per heavy atom. The maximum atomic E-state index is 11.9. The predicted octanol–water partition coefficient (Wildman–Crippen LogP) is 1.14. The van der Waals surface area contributed by atoms with Gasteiger partial charge in [-0.2, -0.15) is 13.2 Å². The minimum Gasteiger partial charge on any atom is -0.370 e. The van der Waals surface area contributed by atoms with Crippen LogP contribution in [-0.4, -0.2) is 41.4 Å². The summed E-state index contributed by atoms with van der Waals surface area (Å²) < 4.78 is 42.0. The molecule has 0 aliphatic rings. The lowest BCUT2D eigenvalue weighted by molar-refractivity contribution is -0.175. The Morgan fingerprint density at radius 2 is 2.24 bits per heavy atom. The van der Waals surface area contributed by atoms with Crippen molar-refractivity contribution in [3.05, 3.63) is 11.9 Å². The molecule has 8 heteroatoms. The molecule has 1 atom stereocenters. The van der Waals surface area contributed by atoms with E-state index in [1.807, 2.05) is 6.92 Å². The summed E-state index contributed by atoms with van der Waals surface area (Å²) in [5, 5.41) is 10.4. The van der Waals surface area contributed by atoms with E-state index in [-0.39, 0.29) is 12.6 Å². The van der Waals surface area contributed by atoms with Gasteiger partial charge in [0.1, 0.15) is 6.61 Å². The number of alkyl halides is 3. The largest absolute Gasteiger partial charge is 0.411 e. The van der Waals surface area contributed by atoms with Crippen molar-refractivity contribution in [2.45, 2.75) is 25.7 Å². The third-order valence-corrected chi connectivity index (χ3v) is 2.20. The topological polar surface area (TPSA) is 52.0 Å². The van der Waals surface area contributed by atoms with Crippen LogP contribution in [0.1, 0.15) is 18.7 Å². The van der Waals surface area contributed by atoms with Gasteiger partial charge >= 0.3 is 6.18 Å². The van der Waals surface area contributed by atoms with Crippen LogP contribution < -0.4 is 5.32 Å². The number of nitrogens with zero attached hydrogens (tertiary/aromatic N) is 3. The fourth-order valence-corrected chi connectivity index (χ4v) is 1.39. The predicted molar refractivity (Wildman–Crippen MR) is 54.4 cm³/mol. The molecule has 0 aromatic carbocycles. The van der Waals surface area contributed by atoms with E-state index in [4.69, 9.17) is 0 Å². The van der Waals surface area contributed by atoms with Gasteiger partial charge in [0.2, 0.25) is 0 Å². The van der Waals surface area contributed by atoms with Gasteiger partial charge in [-0.3, -0.25) is 0 Å². The monoisotopic (exact) mass is 252 g/mol. The van der Waals surface area contributed by atoms with Crippen LogP contribution in [0.25, 0.3) is 0 Å². The standard InChI is InChI=1S/C9H15F3N4O/c1-3-16-8(4-14-15-16)7(13-2)5-17-6-9(10,11)12/h4,7,13H,3,5-6H2,1-2H3. The second kappa shape index (κ2) is 5.97. The Labute approximate surface area is 96.9 Å². The number of hydrogen-bond acceptors (Lipinski definition) is 4. The zero-order chi connectivity index (χ0) is 12.9. The average molecular weight is 252 g/mol. The van der Waals surface area contributed by atoms with E-state index in [1.165, 1.54) is 6.20 Å². The summed E-state index contributed by atoms with van der Waals surface area (Å²) in [6.07, 6.45) is -2.79. The molecule has 1 aromatic rings. The first-order valence-electron chi connectivity index (χ1n) is 5.18. The Bertz CT molecular complexity index is 339. The summed E-state index contributed by atoms with van der Waals surface area (Å²) in [5.41, 5.74) is 0.706. The van der Waals surface area contributed by atoms with Crippen molar-refractivity contribution in [1.82, 2.24) is 20.3 Å². The molecule has 98 valence electrons. The molecule has 0 saturated carbocycles. The van der Waals surface area contributed by atoms with Crippen molar-refractivity contribution in [2.75, 3.05) is 20.3 Å². The van der Waals surface area contributed by atoms with Crippen LogP contribution in [0.5, 0.6) is 0 Å². The molecule has 1 rings (SSSR count). The van der Waals surface area contributed by atoms with Gasteiger partial charge in [-0.05, 0) is 14.0 Å². The highest BCUT2D eigenvalue weighted by atomic mass is 19.4. The van der Waals surface area contributed by atoms with Crippen LogP contribution in [0, 0.1) is 0 Å². The lowest BCUT2D eigenvalue weighted by atomic mass is 10.2. The number of rotatable bonds is 6. The van der Waals surface area contributed by atoms with E-state index >= 15 is 0 Å². The van der Waals surface area contributed by atoms with E-state index in [0.717, 1.165) is 0 Å². The molecule has 0 amide bonds. The lowest BCUT2D eigenvalue weighted by Crippen LogP contribution is -2.27. The highest BCUT2D eigenvalue weighted by Crippen LogP contribution is 2.17. The third kappa shape index (κ3) is 4.31. The molecule has 0 saturated heterocycles. The van der Waals surface area contributed by atoms with Gasteiger partial charge in [0.15, 0.2) is 0 Å². The minimum atomic E-state index is -4.30. The van der Waals surface area contributed by atoms with Crippen molar-refractivity contribution in [3.8, 4) is 0 Å². The zero-order valence-electron chi connectivity index (χ0n) is 9.66. The second-order valence-corrected chi connectivity index (χ2v) is 3.45. The van der Waals surface area contributed by atoms with Crippen LogP contribution in [0.2, 0.25) is 0 Å². The fourth-order valence-electron chi connectivity index (χ4n) is 1.39. The number of ether oxygens (including phenoxy) is 1. The van der Waals surface area contributed by atoms with Crippen molar-refractivity contribution in [2.24, 2.45) is 0 Å². The van der Waals surface area contributed by atoms with Crippen molar-refractivity contribution < 1.29 is 17.9 Å². The summed E-state index contributed by atoms with van der Waals surface area (Å²) in [6, 6.07) is -0.354. The summed E-state index contributed by atoms with van der Waals surface area (Å²) in [7, 11) is 1.65. The summed E-state index contributed by atoms with van der Waals surface area (Å²) in [5.74, 6) is 0. The molecule has 0 spiro atoms. The maximum absolute atomic E-state index is 11.9. The van der Waals surface area contributed by atoms with E-state index in [0.29, 0.717) is 12.2 Å². The first-order chi connectivity index (χ1) is 7.98. The molecule has 1 unspecified atom stereocenters. The van der Waals surface area contributed by atoms with Crippen LogP contribution in [0.15, 0.2) is 6.20 Å². The Hall–Kier alpha value is -1.15. The third-order valence-electron chi connectivity index (χ3n) is 2.20. The maximum Gasteiger partial charge on any atom is 0.411 e. The Morgan fingerprint density at radius 1 is 1.53 bits per heavy atom. The van der Waals surface area contributed by atoms with E-state index < -0.39 is 12.8 Å². The lowest BCUT2D eigenvalue weighted by Gasteiger charge is -2.17. The molecular formula is C9H15F3N4O. The van der Waals surface area contributed by atoms with Gasteiger partial charge < -0.3 is 10.1 Å². The van der Waals surface area contributed by atoms with Crippen LogP contribution in [0.4, 0.5) is 13.2 Å². The average Bonchev–Trinajstić information content (AvgIpc) is 2.70. The number of halogens is 3. The normalized spacial score (nSPS) is 13.9. The SMILES string of the molecule is CCn1nncc1C(COCC(F)(F)F)NC. The van der Waals surface area contributed by atoms with Crippen LogP contribution >= 0.6 is 0 Å². The van der Waals surface area contributed by atoms with E-state index in [1.54, 1.807) is 11.7 Å². The van der Waals surface area contributed by atoms with Gasteiger partial charge in [0, 0.05) is 6.54 Å². The number of aryl methyl sites for hydroxylation is 1. The molecule has 0 aliphatic carbocycles. The molecular weight excluding hydrogens is 237 g/mol. The second-order valence-electron chi connectivity index (χ2n) is 3.45. The smallest absolute Gasteiger partial charge is 0.370 e. The first-order valence-corrected chi connectivity index (χ1v) is 5.18. The quantitative estimate of drug-likeness (QED) is 0.824. The molecule has 0 fully saturated rings. The molecule has 0 bridgehead atoms. The van der Waals surface area contributed by atoms with Gasteiger partial charge in [0.25, 0.3) is 0 Å². The van der Waals surface area contributed by atoms with E-state index in [9.17, 15) is 13.2 Å². The highest BCUT2D eigenvalue weighted by molar-refractivity contribution is 5.01.